The molecule has 2 saturated heterocycles. The number of hydrogen-bond acceptors (Lipinski definition) is 5. The number of amides is 1. The molecule has 1 spiro atoms. The second kappa shape index (κ2) is 4.91. The number of aromatic nitrogens is 1. The van der Waals surface area contributed by atoms with E-state index in [0.29, 0.717) is 42.7 Å². The minimum Gasteiger partial charge on any atom is -0.361 e. The molecule has 1 aromatic rings. The van der Waals surface area contributed by atoms with Gasteiger partial charge in [-0.2, -0.15) is 0 Å². The molecule has 7 heteroatoms. The summed E-state index contributed by atoms with van der Waals surface area (Å²) in [6, 6.07) is 2.15. The Morgan fingerprint density at radius 1 is 1.39 bits per heavy atom. The SMILES string of the molecule is Cc1cc(C(=N)N2CCC3(CCN(C4CC4)C3=O)CC2=N)no1. The van der Waals surface area contributed by atoms with Crippen LogP contribution in [0.5, 0.6) is 0 Å². The number of carbonyl (C=O) groups is 1. The van der Waals surface area contributed by atoms with E-state index in [1.165, 1.54) is 0 Å². The largest absolute Gasteiger partial charge is 0.361 e. The average molecular weight is 315 g/mol. The number of nitrogens with one attached hydrogen (secondary N) is 2. The zero-order valence-electron chi connectivity index (χ0n) is 13.3. The molecule has 4 rings (SSSR count). The fourth-order valence-electron chi connectivity index (χ4n) is 3.81. The lowest BCUT2D eigenvalue weighted by molar-refractivity contribution is -0.137. The van der Waals surface area contributed by atoms with Crippen LogP contribution in [0.2, 0.25) is 0 Å². The molecule has 1 aliphatic carbocycles. The van der Waals surface area contributed by atoms with Crippen LogP contribution < -0.4 is 0 Å². The maximum Gasteiger partial charge on any atom is 0.229 e. The molecule has 0 bridgehead atoms. The Morgan fingerprint density at radius 2 is 2.13 bits per heavy atom. The van der Waals surface area contributed by atoms with Crippen molar-refractivity contribution in [3.63, 3.8) is 0 Å². The van der Waals surface area contributed by atoms with Crippen molar-refractivity contribution in [1.82, 2.24) is 15.0 Å². The van der Waals surface area contributed by atoms with Crippen LogP contribution in [0, 0.1) is 23.2 Å². The van der Waals surface area contributed by atoms with Gasteiger partial charge in [-0.3, -0.25) is 15.6 Å². The third-order valence-corrected chi connectivity index (χ3v) is 5.32. The van der Waals surface area contributed by atoms with Crippen molar-refractivity contribution in [1.29, 1.82) is 10.8 Å². The van der Waals surface area contributed by atoms with Gasteiger partial charge < -0.3 is 14.3 Å². The van der Waals surface area contributed by atoms with E-state index in [2.05, 4.69) is 5.16 Å². The molecule has 1 amide bonds. The Bertz CT molecular complexity index is 692. The summed E-state index contributed by atoms with van der Waals surface area (Å²) in [4.78, 5) is 16.5. The van der Waals surface area contributed by atoms with E-state index in [-0.39, 0.29) is 11.7 Å². The summed E-state index contributed by atoms with van der Waals surface area (Å²) in [7, 11) is 0. The number of rotatable bonds is 2. The number of hydrogen-bond donors (Lipinski definition) is 2. The summed E-state index contributed by atoms with van der Waals surface area (Å²) in [5.41, 5.74) is 0.0384. The summed E-state index contributed by atoms with van der Waals surface area (Å²) in [5, 5.41) is 20.5. The Balaban J connectivity index is 1.49. The summed E-state index contributed by atoms with van der Waals surface area (Å²) >= 11 is 0. The second-order valence-electron chi connectivity index (χ2n) is 6.96. The van der Waals surface area contributed by atoms with E-state index in [0.717, 1.165) is 25.8 Å². The van der Waals surface area contributed by atoms with Gasteiger partial charge in [0.25, 0.3) is 0 Å². The van der Waals surface area contributed by atoms with E-state index in [1.54, 1.807) is 17.9 Å². The predicted molar refractivity (Wildman–Crippen MR) is 83.5 cm³/mol. The van der Waals surface area contributed by atoms with Gasteiger partial charge in [0.15, 0.2) is 5.84 Å². The van der Waals surface area contributed by atoms with Crippen molar-refractivity contribution in [2.75, 3.05) is 13.1 Å². The molecule has 3 fully saturated rings. The standard InChI is InChI=1S/C16H21N5O2/c1-10-8-12(19-23-10)14(18)21-7-5-16(9-13(21)17)4-6-20(15(16)22)11-2-3-11/h8,11,17-18H,2-7,9H2,1H3. The highest BCUT2D eigenvalue weighted by Crippen LogP contribution is 2.45. The fourth-order valence-corrected chi connectivity index (χ4v) is 3.81. The first-order valence-corrected chi connectivity index (χ1v) is 8.18. The number of likely N-dealkylation sites (tertiary alicyclic amines) is 2. The first-order valence-electron chi connectivity index (χ1n) is 8.18. The second-order valence-corrected chi connectivity index (χ2v) is 6.96. The maximum atomic E-state index is 12.8. The highest BCUT2D eigenvalue weighted by atomic mass is 16.5. The van der Waals surface area contributed by atoms with Crippen LogP contribution in [0.1, 0.15) is 43.6 Å². The lowest BCUT2D eigenvalue weighted by Crippen LogP contribution is -2.49. The highest BCUT2D eigenvalue weighted by molar-refractivity contribution is 6.07. The average Bonchev–Trinajstić information content (AvgIpc) is 3.20. The Hall–Kier alpha value is -2.18. The first kappa shape index (κ1) is 14.4. The predicted octanol–water partition coefficient (Wildman–Crippen LogP) is 1.76. The van der Waals surface area contributed by atoms with Gasteiger partial charge in [0.05, 0.1) is 5.41 Å². The van der Waals surface area contributed by atoms with Crippen LogP contribution in [0.15, 0.2) is 10.6 Å². The molecule has 1 unspecified atom stereocenters. The van der Waals surface area contributed by atoms with Crippen molar-refractivity contribution in [3.05, 3.63) is 17.5 Å². The van der Waals surface area contributed by atoms with Gasteiger partial charge in [-0.05, 0) is 32.6 Å². The van der Waals surface area contributed by atoms with E-state index in [1.807, 2.05) is 4.90 Å². The van der Waals surface area contributed by atoms with Gasteiger partial charge in [-0.15, -0.1) is 0 Å². The van der Waals surface area contributed by atoms with Gasteiger partial charge in [0.2, 0.25) is 5.91 Å². The third-order valence-electron chi connectivity index (χ3n) is 5.32. The Morgan fingerprint density at radius 3 is 2.74 bits per heavy atom. The lowest BCUT2D eigenvalue weighted by atomic mass is 9.76. The van der Waals surface area contributed by atoms with E-state index >= 15 is 0 Å². The molecular formula is C16H21N5O2. The molecule has 0 aromatic carbocycles. The van der Waals surface area contributed by atoms with Crippen molar-refractivity contribution in [3.8, 4) is 0 Å². The summed E-state index contributed by atoms with van der Waals surface area (Å²) in [6.07, 6.45) is 4.23. The van der Waals surface area contributed by atoms with E-state index in [4.69, 9.17) is 15.3 Å². The molecule has 1 aromatic heterocycles. The highest BCUT2D eigenvalue weighted by Gasteiger charge is 2.53. The van der Waals surface area contributed by atoms with Crippen molar-refractivity contribution >= 4 is 17.6 Å². The summed E-state index contributed by atoms with van der Waals surface area (Å²) in [5.74, 6) is 1.41. The molecule has 0 radical (unpaired) electrons. The van der Waals surface area contributed by atoms with Gasteiger partial charge in [-0.25, -0.2) is 0 Å². The number of piperidine rings is 1. The van der Waals surface area contributed by atoms with Gasteiger partial charge >= 0.3 is 0 Å². The molecule has 2 N–H and O–H groups in total. The number of aryl methyl sites for hydroxylation is 1. The van der Waals surface area contributed by atoms with Crippen LogP contribution >= 0.6 is 0 Å². The first-order chi connectivity index (χ1) is 11.0. The molecule has 2 aliphatic heterocycles. The molecule has 1 atom stereocenters. The third kappa shape index (κ3) is 2.26. The van der Waals surface area contributed by atoms with Crippen LogP contribution in [-0.2, 0) is 4.79 Å². The molecule has 122 valence electrons. The minimum atomic E-state index is -0.407. The van der Waals surface area contributed by atoms with Gasteiger partial charge in [0, 0.05) is 31.6 Å². The van der Waals surface area contributed by atoms with Crippen molar-refractivity contribution in [2.45, 2.75) is 45.1 Å². The van der Waals surface area contributed by atoms with Crippen LogP contribution in [0.25, 0.3) is 0 Å². The molecule has 7 nitrogen and oxygen atoms in total. The molecule has 3 heterocycles. The van der Waals surface area contributed by atoms with E-state index < -0.39 is 5.41 Å². The van der Waals surface area contributed by atoms with Crippen LogP contribution in [0.4, 0.5) is 0 Å². The van der Waals surface area contributed by atoms with Crippen molar-refractivity contribution in [2.24, 2.45) is 5.41 Å². The topological polar surface area (TPSA) is 97.3 Å². The number of nitrogens with zero attached hydrogens (tertiary/aromatic N) is 3. The normalized spacial score (nSPS) is 28.0. The summed E-state index contributed by atoms with van der Waals surface area (Å²) in [6.45, 7) is 3.13. The maximum absolute atomic E-state index is 12.8. The minimum absolute atomic E-state index is 0.186. The zero-order chi connectivity index (χ0) is 16.2. The quantitative estimate of drug-likeness (QED) is 0.642. The van der Waals surface area contributed by atoms with Crippen LogP contribution in [-0.4, -0.2) is 51.7 Å². The fraction of sp³-hybridized carbons (Fsp3) is 0.625. The van der Waals surface area contributed by atoms with E-state index in [9.17, 15) is 4.79 Å². The van der Waals surface area contributed by atoms with Crippen molar-refractivity contribution < 1.29 is 9.32 Å². The molecule has 23 heavy (non-hydrogen) atoms. The number of carbonyl (C=O) groups excluding carboxylic acids is 1. The summed E-state index contributed by atoms with van der Waals surface area (Å²) < 4.78 is 5.02. The Kier molecular flexibility index (Phi) is 3.08. The molecule has 1 saturated carbocycles. The Labute approximate surface area is 134 Å². The lowest BCUT2D eigenvalue weighted by Gasteiger charge is -2.38. The molecule has 3 aliphatic rings. The van der Waals surface area contributed by atoms with Gasteiger partial charge in [-0.1, -0.05) is 5.16 Å². The smallest absolute Gasteiger partial charge is 0.229 e. The number of amidine groups is 2. The van der Waals surface area contributed by atoms with Crippen LogP contribution in [0.3, 0.4) is 0 Å². The monoisotopic (exact) mass is 315 g/mol. The van der Waals surface area contributed by atoms with Gasteiger partial charge in [0.1, 0.15) is 17.3 Å². The zero-order valence-corrected chi connectivity index (χ0v) is 13.3. The molecular weight excluding hydrogens is 294 g/mol.